The number of aromatic nitrogens is 2. The molecular weight excluding hydrogens is 384 g/mol. The van der Waals surface area contributed by atoms with Gasteiger partial charge in [0.2, 0.25) is 0 Å². The second kappa shape index (κ2) is 9.30. The minimum atomic E-state index is -0.703. The molecule has 0 saturated carbocycles. The smallest absolute Gasteiger partial charge is 0.280 e. The molecular formula is C22H26N4O4. The standard InChI is InChI=1S/C22H26N4O4/c1-6-28-19-7-9-20(10-8-19)29-17(5)22(27)24-23-13-18-11-14(2)26(16(18)4)21-12-15(3)30-25-21/h7-13,17H,6H2,1-5H3,(H,24,27)/b23-13-/t17-/m0/s1. The molecule has 0 aliphatic heterocycles. The van der Waals surface area contributed by atoms with Crippen LogP contribution in [0.2, 0.25) is 0 Å². The van der Waals surface area contributed by atoms with E-state index in [0.29, 0.717) is 18.2 Å². The average molecular weight is 410 g/mol. The van der Waals surface area contributed by atoms with E-state index in [1.807, 2.05) is 44.4 Å². The Morgan fingerprint density at radius 2 is 1.93 bits per heavy atom. The largest absolute Gasteiger partial charge is 0.494 e. The molecule has 8 heteroatoms. The average Bonchev–Trinajstić information content (AvgIpc) is 3.25. The van der Waals surface area contributed by atoms with E-state index < -0.39 is 6.10 Å². The van der Waals surface area contributed by atoms with Gasteiger partial charge in [-0.15, -0.1) is 0 Å². The van der Waals surface area contributed by atoms with Crippen LogP contribution in [0.15, 0.2) is 46.0 Å². The number of hydrazone groups is 1. The van der Waals surface area contributed by atoms with Crippen molar-refractivity contribution in [3.63, 3.8) is 0 Å². The number of amides is 1. The number of hydrogen-bond acceptors (Lipinski definition) is 6. The van der Waals surface area contributed by atoms with E-state index >= 15 is 0 Å². The number of carbonyl (C=O) groups excluding carboxylic acids is 1. The van der Waals surface area contributed by atoms with Gasteiger partial charge in [-0.3, -0.25) is 9.36 Å². The zero-order chi connectivity index (χ0) is 21.7. The van der Waals surface area contributed by atoms with Crippen molar-refractivity contribution in [3.8, 4) is 17.3 Å². The number of ether oxygens (including phenoxy) is 2. The molecule has 1 aromatic carbocycles. The molecule has 3 rings (SSSR count). The number of hydrogen-bond donors (Lipinski definition) is 1. The molecule has 1 atom stereocenters. The number of aryl methyl sites for hydroxylation is 2. The molecule has 0 fully saturated rings. The van der Waals surface area contributed by atoms with Gasteiger partial charge in [-0.05, 0) is 65.0 Å². The van der Waals surface area contributed by atoms with E-state index in [4.69, 9.17) is 14.0 Å². The van der Waals surface area contributed by atoms with Crippen LogP contribution in [0.5, 0.6) is 11.5 Å². The van der Waals surface area contributed by atoms with Crippen LogP contribution in [0, 0.1) is 20.8 Å². The highest BCUT2D eigenvalue weighted by molar-refractivity contribution is 5.85. The van der Waals surface area contributed by atoms with Crippen molar-refractivity contribution in [1.82, 2.24) is 15.1 Å². The van der Waals surface area contributed by atoms with Crippen molar-refractivity contribution < 1.29 is 18.8 Å². The van der Waals surface area contributed by atoms with Crippen LogP contribution < -0.4 is 14.9 Å². The molecule has 0 aliphatic rings. The van der Waals surface area contributed by atoms with Crippen molar-refractivity contribution in [3.05, 3.63) is 59.1 Å². The van der Waals surface area contributed by atoms with Gasteiger partial charge in [-0.25, -0.2) is 5.43 Å². The third-order valence-corrected chi connectivity index (χ3v) is 4.51. The molecule has 1 amide bonds. The Bertz CT molecular complexity index is 1030. The summed E-state index contributed by atoms with van der Waals surface area (Å²) in [4.78, 5) is 12.3. The fourth-order valence-corrected chi connectivity index (χ4v) is 3.02. The molecule has 0 bridgehead atoms. The van der Waals surface area contributed by atoms with Gasteiger partial charge in [-0.2, -0.15) is 5.10 Å². The summed E-state index contributed by atoms with van der Waals surface area (Å²) >= 11 is 0. The summed E-state index contributed by atoms with van der Waals surface area (Å²) in [6.45, 7) is 9.96. The Kier molecular flexibility index (Phi) is 6.56. The fraction of sp³-hybridized carbons (Fsp3) is 0.318. The zero-order valence-electron chi connectivity index (χ0n) is 17.8. The predicted octanol–water partition coefficient (Wildman–Crippen LogP) is 3.71. The van der Waals surface area contributed by atoms with Crippen molar-refractivity contribution in [2.45, 2.75) is 40.7 Å². The van der Waals surface area contributed by atoms with Crippen LogP contribution in [-0.2, 0) is 4.79 Å². The second-order valence-corrected chi connectivity index (χ2v) is 6.86. The number of nitrogens with zero attached hydrogens (tertiary/aromatic N) is 3. The second-order valence-electron chi connectivity index (χ2n) is 6.86. The number of benzene rings is 1. The van der Waals surface area contributed by atoms with Crippen molar-refractivity contribution in [2.24, 2.45) is 5.10 Å². The topological polar surface area (TPSA) is 90.9 Å². The zero-order valence-corrected chi connectivity index (χ0v) is 17.8. The molecule has 2 heterocycles. The Balaban J connectivity index is 1.60. The Morgan fingerprint density at radius 1 is 1.23 bits per heavy atom. The summed E-state index contributed by atoms with van der Waals surface area (Å²) in [7, 11) is 0. The van der Waals surface area contributed by atoms with E-state index in [1.54, 1.807) is 37.4 Å². The van der Waals surface area contributed by atoms with Crippen LogP contribution in [0.25, 0.3) is 5.82 Å². The van der Waals surface area contributed by atoms with Gasteiger partial charge in [-0.1, -0.05) is 5.16 Å². The van der Waals surface area contributed by atoms with Gasteiger partial charge in [0.1, 0.15) is 17.3 Å². The third-order valence-electron chi connectivity index (χ3n) is 4.51. The Hall–Kier alpha value is -3.55. The first kappa shape index (κ1) is 21.2. The van der Waals surface area contributed by atoms with Crippen molar-refractivity contribution >= 4 is 12.1 Å². The number of carbonyl (C=O) groups is 1. The van der Waals surface area contributed by atoms with Gasteiger partial charge in [0.15, 0.2) is 11.9 Å². The van der Waals surface area contributed by atoms with Gasteiger partial charge in [0.25, 0.3) is 5.91 Å². The van der Waals surface area contributed by atoms with Gasteiger partial charge in [0.05, 0.1) is 12.8 Å². The third kappa shape index (κ3) is 4.89. The summed E-state index contributed by atoms with van der Waals surface area (Å²) in [5, 5.41) is 8.13. The van der Waals surface area contributed by atoms with Crippen LogP contribution in [0.1, 0.15) is 36.6 Å². The minimum absolute atomic E-state index is 0.346. The van der Waals surface area contributed by atoms with Crippen molar-refractivity contribution in [1.29, 1.82) is 0 Å². The highest BCUT2D eigenvalue weighted by Gasteiger charge is 2.15. The predicted molar refractivity (Wildman–Crippen MR) is 113 cm³/mol. The lowest BCUT2D eigenvalue weighted by Crippen LogP contribution is -2.33. The maximum atomic E-state index is 12.3. The normalized spacial score (nSPS) is 12.2. The van der Waals surface area contributed by atoms with E-state index in [1.165, 1.54) is 0 Å². The van der Waals surface area contributed by atoms with Gasteiger partial charge in [0, 0.05) is 23.0 Å². The van der Waals surface area contributed by atoms with E-state index in [2.05, 4.69) is 15.7 Å². The quantitative estimate of drug-likeness (QED) is 0.452. The van der Waals surface area contributed by atoms with Crippen LogP contribution >= 0.6 is 0 Å². The molecule has 0 saturated heterocycles. The van der Waals surface area contributed by atoms with Crippen molar-refractivity contribution in [2.75, 3.05) is 6.61 Å². The molecule has 8 nitrogen and oxygen atoms in total. The van der Waals surface area contributed by atoms with Crippen LogP contribution in [-0.4, -0.2) is 34.6 Å². The lowest BCUT2D eigenvalue weighted by atomic mass is 10.3. The maximum Gasteiger partial charge on any atom is 0.280 e. The SMILES string of the molecule is CCOc1ccc(O[C@@H](C)C(=O)N/N=C\c2cc(C)n(-c3cc(C)on3)c2C)cc1. The summed E-state index contributed by atoms with van der Waals surface area (Å²) in [5.74, 6) is 2.44. The first-order valence-electron chi connectivity index (χ1n) is 9.74. The number of nitrogens with one attached hydrogen (secondary N) is 1. The highest BCUT2D eigenvalue weighted by Crippen LogP contribution is 2.20. The Labute approximate surface area is 175 Å². The fourth-order valence-electron chi connectivity index (χ4n) is 3.02. The monoisotopic (exact) mass is 410 g/mol. The molecule has 0 unspecified atom stereocenters. The lowest BCUT2D eigenvalue weighted by Gasteiger charge is -2.13. The lowest BCUT2D eigenvalue weighted by molar-refractivity contribution is -0.127. The first-order valence-corrected chi connectivity index (χ1v) is 9.74. The molecule has 0 aliphatic carbocycles. The molecule has 30 heavy (non-hydrogen) atoms. The maximum absolute atomic E-state index is 12.3. The number of rotatable bonds is 8. The van der Waals surface area contributed by atoms with E-state index in [9.17, 15) is 4.79 Å². The van der Waals surface area contributed by atoms with Gasteiger partial charge < -0.3 is 14.0 Å². The summed E-state index contributed by atoms with van der Waals surface area (Å²) in [6, 6.07) is 11.0. The molecule has 2 aromatic heterocycles. The van der Waals surface area contributed by atoms with Crippen LogP contribution in [0.3, 0.4) is 0 Å². The molecule has 3 aromatic rings. The molecule has 158 valence electrons. The van der Waals surface area contributed by atoms with E-state index in [-0.39, 0.29) is 5.91 Å². The molecule has 0 radical (unpaired) electrons. The van der Waals surface area contributed by atoms with E-state index in [0.717, 1.165) is 28.5 Å². The Morgan fingerprint density at radius 3 is 2.57 bits per heavy atom. The minimum Gasteiger partial charge on any atom is -0.494 e. The summed E-state index contributed by atoms with van der Waals surface area (Å²) < 4.78 is 18.2. The van der Waals surface area contributed by atoms with Crippen LogP contribution in [0.4, 0.5) is 0 Å². The summed E-state index contributed by atoms with van der Waals surface area (Å²) in [6.07, 6.45) is 0.901. The highest BCUT2D eigenvalue weighted by atomic mass is 16.5. The first-order chi connectivity index (χ1) is 14.4. The summed E-state index contributed by atoms with van der Waals surface area (Å²) in [5.41, 5.74) is 5.32. The van der Waals surface area contributed by atoms with Gasteiger partial charge >= 0.3 is 0 Å². The molecule has 1 N–H and O–H groups in total. The molecule has 0 spiro atoms.